The van der Waals surface area contributed by atoms with Gasteiger partial charge in [-0.2, -0.15) is 13.2 Å². The minimum Gasteiger partial charge on any atom is -0.351 e. The number of alkyl halides is 3. The highest BCUT2D eigenvalue weighted by Gasteiger charge is 2.28. The van der Waals surface area contributed by atoms with Crippen LogP contribution in [0.15, 0.2) is 16.7 Å². The van der Waals surface area contributed by atoms with Crippen LogP contribution in [0.5, 0.6) is 0 Å². The van der Waals surface area contributed by atoms with Crippen molar-refractivity contribution in [3.05, 3.63) is 22.4 Å². The van der Waals surface area contributed by atoms with Crippen LogP contribution >= 0.6 is 15.9 Å². The van der Waals surface area contributed by atoms with Gasteiger partial charge in [0.2, 0.25) is 0 Å². The SMILES string of the molecule is O=C(NCCCC(F)(F)F)c1cc(Br)cn1C1CC1. The summed E-state index contributed by atoms with van der Waals surface area (Å²) in [6.45, 7) is 0.0335. The Morgan fingerprint density at radius 3 is 2.74 bits per heavy atom. The summed E-state index contributed by atoms with van der Waals surface area (Å²) in [5.74, 6) is -0.320. The Morgan fingerprint density at radius 2 is 2.16 bits per heavy atom. The molecule has 1 aromatic heterocycles. The summed E-state index contributed by atoms with van der Waals surface area (Å²) < 4.78 is 38.6. The van der Waals surface area contributed by atoms with Crippen molar-refractivity contribution in [3.8, 4) is 0 Å². The van der Waals surface area contributed by atoms with Crippen LogP contribution in [0.1, 0.15) is 42.2 Å². The fourth-order valence-corrected chi connectivity index (χ4v) is 2.30. The molecule has 1 aliphatic rings. The smallest absolute Gasteiger partial charge is 0.351 e. The first-order valence-corrected chi connectivity index (χ1v) is 6.88. The quantitative estimate of drug-likeness (QED) is 0.817. The maximum Gasteiger partial charge on any atom is 0.389 e. The molecule has 1 aliphatic carbocycles. The average molecular weight is 339 g/mol. The molecule has 2 rings (SSSR count). The summed E-state index contributed by atoms with van der Waals surface area (Å²) in [4.78, 5) is 11.9. The predicted molar refractivity (Wildman–Crippen MR) is 68.0 cm³/mol. The summed E-state index contributed by atoms with van der Waals surface area (Å²) in [5.41, 5.74) is 0.501. The lowest BCUT2D eigenvalue weighted by Gasteiger charge is -2.09. The van der Waals surface area contributed by atoms with E-state index in [2.05, 4.69) is 21.2 Å². The van der Waals surface area contributed by atoms with Gasteiger partial charge in [0.15, 0.2) is 0 Å². The Labute approximate surface area is 117 Å². The Bertz CT molecular complexity index is 466. The highest BCUT2D eigenvalue weighted by atomic mass is 79.9. The van der Waals surface area contributed by atoms with Crippen LogP contribution < -0.4 is 5.32 Å². The molecule has 0 spiro atoms. The second-order valence-corrected chi connectivity index (χ2v) is 5.57. The standard InChI is InChI=1S/C12H14BrF3N2O/c13-8-6-10(18(7-8)9-2-3-9)11(19)17-5-1-4-12(14,15)16/h6-7,9H,1-5H2,(H,17,19). The molecule has 0 unspecified atom stereocenters. The van der Waals surface area contributed by atoms with E-state index in [0.29, 0.717) is 11.7 Å². The van der Waals surface area contributed by atoms with E-state index < -0.39 is 12.6 Å². The van der Waals surface area contributed by atoms with Gasteiger partial charge in [-0.1, -0.05) is 0 Å². The van der Waals surface area contributed by atoms with E-state index in [0.717, 1.165) is 17.3 Å². The molecule has 1 amide bonds. The van der Waals surface area contributed by atoms with E-state index in [1.54, 1.807) is 6.07 Å². The number of nitrogens with zero attached hydrogens (tertiary/aromatic N) is 1. The van der Waals surface area contributed by atoms with Crippen LogP contribution in [-0.4, -0.2) is 23.2 Å². The zero-order chi connectivity index (χ0) is 14.0. The van der Waals surface area contributed by atoms with Gasteiger partial charge in [-0.3, -0.25) is 4.79 Å². The molecular formula is C12H14BrF3N2O. The number of carbonyl (C=O) groups excluding carboxylic acids is 1. The molecule has 3 nitrogen and oxygen atoms in total. The molecule has 19 heavy (non-hydrogen) atoms. The first-order chi connectivity index (χ1) is 8.87. The van der Waals surface area contributed by atoms with Crippen molar-refractivity contribution in [1.82, 2.24) is 9.88 Å². The fraction of sp³-hybridized carbons (Fsp3) is 0.583. The number of amides is 1. The van der Waals surface area contributed by atoms with Crippen molar-refractivity contribution in [2.75, 3.05) is 6.54 Å². The van der Waals surface area contributed by atoms with Crippen molar-refractivity contribution in [2.24, 2.45) is 0 Å². The van der Waals surface area contributed by atoms with Crippen molar-refractivity contribution in [1.29, 1.82) is 0 Å². The third-order valence-electron chi connectivity index (χ3n) is 2.91. The van der Waals surface area contributed by atoms with Crippen LogP contribution in [0.25, 0.3) is 0 Å². The highest BCUT2D eigenvalue weighted by molar-refractivity contribution is 9.10. The van der Waals surface area contributed by atoms with Crippen LogP contribution in [0.3, 0.4) is 0 Å². The zero-order valence-electron chi connectivity index (χ0n) is 10.1. The Hall–Kier alpha value is -0.980. The number of carbonyl (C=O) groups is 1. The van der Waals surface area contributed by atoms with Gasteiger partial charge < -0.3 is 9.88 Å². The Morgan fingerprint density at radius 1 is 1.47 bits per heavy atom. The van der Waals surface area contributed by atoms with Gasteiger partial charge in [-0.05, 0) is 41.3 Å². The average Bonchev–Trinajstić information content (AvgIpc) is 3.06. The van der Waals surface area contributed by atoms with Crippen LogP contribution in [0, 0.1) is 0 Å². The lowest BCUT2D eigenvalue weighted by molar-refractivity contribution is -0.135. The van der Waals surface area contributed by atoms with E-state index in [-0.39, 0.29) is 18.9 Å². The molecule has 0 aromatic carbocycles. The third kappa shape index (κ3) is 4.26. The predicted octanol–water partition coefficient (Wildman–Crippen LogP) is 3.66. The molecule has 0 bridgehead atoms. The van der Waals surface area contributed by atoms with E-state index in [1.165, 1.54) is 0 Å². The van der Waals surface area contributed by atoms with Crippen molar-refractivity contribution < 1.29 is 18.0 Å². The van der Waals surface area contributed by atoms with Gasteiger partial charge in [0.25, 0.3) is 5.91 Å². The Kier molecular flexibility index (Phi) is 4.23. The van der Waals surface area contributed by atoms with Crippen molar-refractivity contribution in [3.63, 3.8) is 0 Å². The number of nitrogens with one attached hydrogen (secondary N) is 1. The molecule has 106 valence electrons. The normalized spacial score (nSPS) is 15.6. The fourth-order valence-electron chi connectivity index (χ4n) is 1.86. The molecule has 1 aromatic rings. The molecule has 1 N–H and O–H groups in total. The summed E-state index contributed by atoms with van der Waals surface area (Å²) in [6.07, 6.45) is -1.23. The van der Waals surface area contributed by atoms with Gasteiger partial charge in [-0.25, -0.2) is 0 Å². The largest absolute Gasteiger partial charge is 0.389 e. The zero-order valence-corrected chi connectivity index (χ0v) is 11.7. The summed E-state index contributed by atoms with van der Waals surface area (Å²) in [7, 11) is 0. The van der Waals surface area contributed by atoms with Crippen LogP contribution in [-0.2, 0) is 0 Å². The number of aromatic nitrogens is 1. The number of hydrogen-bond donors (Lipinski definition) is 1. The molecule has 1 fully saturated rings. The molecule has 1 saturated carbocycles. The van der Waals surface area contributed by atoms with E-state index in [9.17, 15) is 18.0 Å². The first-order valence-electron chi connectivity index (χ1n) is 6.09. The van der Waals surface area contributed by atoms with E-state index in [1.807, 2.05) is 10.8 Å². The topological polar surface area (TPSA) is 34.0 Å². The molecule has 1 heterocycles. The maximum absolute atomic E-state index is 12.0. The minimum atomic E-state index is -4.16. The second kappa shape index (κ2) is 5.56. The van der Waals surface area contributed by atoms with Gasteiger partial charge >= 0.3 is 6.18 Å². The molecular weight excluding hydrogens is 325 g/mol. The lowest BCUT2D eigenvalue weighted by atomic mass is 10.3. The first kappa shape index (κ1) is 14.4. The molecule has 0 saturated heterocycles. The second-order valence-electron chi connectivity index (χ2n) is 4.66. The molecule has 0 atom stereocenters. The minimum absolute atomic E-state index is 0.0335. The van der Waals surface area contributed by atoms with Gasteiger partial charge in [0.1, 0.15) is 5.69 Å². The summed E-state index contributed by atoms with van der Waals surface area (Å²) in [5, 5.41) is 2.53. The van der Waals surface area contributed by atoms with Gasteiger partial charge in [-0.15, -0.1) is 0 Å². The monoisotopic (exact) mass is 338 g/mol. The number of hydrogen-bond acceptors (Lipinski definition) is 1. The van der Waals surface area contributed by atoms with E-state index in [4.69, 9.17) is 0 Å². The number of halogens is 4. The lowest BCUT2D eigenvalue weighted by Crippen LogP contribution is -2.27. The highest BCUT2D eigenvalue weighted by Crippen LogP contribution is 2.37. The van der Waals surface area contributed by atoms with Crippen molar-refractivity contribution in [2.45, 2.75) is 37.9 Å². The summed E-state index contributed by atoms with van der Waals surface area (Å²) in [6, 6.07) is 2.04. The molecule has 0 aliphatic heterocycles. The van der Waals surface area contributed by atoms with Crippen LogP contribution in [0.2, 0.25) is 0 Å². The van der Waals surface area contributed by atoms with Crippen molar-refractivity contribution >= 4 is 21.8 Å². The molecule has 7 heteroatoms. The van der Waals surface area contributed by atoms with E-state index >= 15 is 0 Å². The maximum atomic E-state index is 12.0. The molecule has 0 radical (unpaired) electrons. The third-order valence-corrected chi connectivity index (χ3v) is 3.34. The van der Waals surface area contributed by atoms with Gasteiger partial charge in [0.05, 0.1) is 0 Å². The Balaban J connectivity index is 1.86. The summed E-state index contributed by atoms with van der Waals surface area (Å²) >= 11 is 3.31. The van der Waals surface area contributed by atoms with Crippen LogP contribution in [0.4, 0.5) is 13.2 Å². The number of rotatable bonds is 5. The van der Waals surface area contributed by atoms with Gasteiger partial charge in [0, 0.05) is 29.7 Å².